The van der Waals surface area contributed by atoms with Gasteiger partial charge in [0.25, 0.3) is 0 Å². The molecular weight excluding hydrogens is 259 g/mol. The lowest BCUT2D eigenvalue weighted by Gasteiger charge is -2.21. The predicted molar refractivity (Wildman–Crippen MR) is 68.1 cm³/mol. The Kier molecular flexibility index (Phi) is 4.95. The lowest BCUT2D eigenvalue weighted by molar-refractivity contribution is 0.435. The van der Waals surface area contributed by atoms with Crippen LogP contribution in [0.25, 0.3) is 0 Å². The van der Waals surface area contributed by atoms with E-state index in [4.69, 9.17) is 0 Å². The van der Waals surface area contributed by atoms with E-state index in [9.17, 15) is 13.2 Å². The normalized spacial score (nSPS) is 17.1. The standard InChI is InChI=1S/C13H16F3NS/c14-11-5-10(6-12(15)13(11)16)8-17-7-9-1-3-18-4-2-9/h5-6,9,17H,1-4,7-8H2. The van der Waals surface area contributed by atoms with Gasteiger partial charge in [0.05, 0.1) is 0 Å². The van der Waals surface area contributed by atoms with Crippen molar-refractivity contribution in [2.75, 3.05) is 18.1 Å². The highest BCUT2D eigenvalue weighted by Gasteiger charge is 2.14. The average molecular weight is 275 g/mol. The van der Waals surface area contributed by atoms with Crippen LogP contribution < -0.4 is 5.32 Å². The van der Waals surface area contributed by atoms with Gasteiger partial charge in [-0.2, -0.15) is 11.8 Å². The molecule has 100 valence electrons. The maximum absolute atomic E-state index is 13.0. The molecule has 18 heavy (non-hydrogen) atoms. The molecule has 0 aliphatic carbocycles. The fourth-order valence-corrected chi connectivity index (χ4v) is 3.29. The molecule has 0 radical (unpaired) electrons. The van der Waals surface area contributed by atoms with Gasteiger partial charge in [-0.3, -0.25) is 0 Å². The third kappa shape index (κ3) is 3.65. The summed E-state index contributed by atoms with van der Waals surface area (Å²) in [5, 5.41) is 3.18. The zero-order valence-corrected chi connectivity index (χ0v) is 10.8. The van der Waals surface area contributed by atoms with Gasteiger partial charge in [0.2, 0.25) is 0 Å². The van der Waals surface area contributed by atoms with Crippen LogP contribution >= 0.6 is 11.8 Å². The van der Waals surface area contributed by atoms with Gasteiger partial charge in [0, 0.05) is 6.54 Å². The van der Waals surface area contributed by atoms with Gasteiger partial charge in [-0.1, -0.05) is 0 Å². The Morgan fingerprint density at radius 3 is 2.33 bits per heavy atom. The highest BCUT2D eigenvalue weighted by molar-refractivity contribution is 7.99. The molecule has 1 aromatic rings. The molecule has 0 bridgehead atoms. The minimum Gasteiger partial charge on any atom is -0.312 e. The Labute approximate surface area is 109 Å². The first-order chi connectivity index (χ1) is 8.66. The van der Waals surface area contributed by atoms with Crippen molar-refractivity contribution >= 4 is 11.8 Å². The number of hydrogen-bond donors (Lipinski definition) is 1. The largest absolute Gasteiger partial charge is 0.312 e. The Hall–Kier alpha value is -0.680. The van der Waals surface area contributed by atoms with E-state index in [1.807, 2.05) is 11.8 Å². The molecule has 0 saturated carbocycles. The molecule has 0 unspecified atom stereocenters. The molecule has 2 rings (SSSR count). The summed E-state index contributed by atoms with van der Waals surface area (Å²) in [6.07, 6.45) is 2.37. The average Bonchev–Trinajstić information content (AvgIpc) is 2.37. The fourth-order valence-electron chi connectivity index (χ4n) is 2.08. The van der Waals surface area contributed by atoms with Gasteiger partial charge < -0.3 is 5.32 Å². The molecule has 1 saturated heterocycles. The number of nitrogens with one attached hydrogen (secondary N) is 1. The van der Waals surface area contributed by atoms with E-state index in [2.05, 4.69) is 5.32 Å². The zero-order chi connectivity index (χ0) is 13.0. The topological polar surface area (TPSA) is 12.0 Å². The Balaban J connectivity index is 1.82. The van der Waals surface area contributed by atoms with Gasteiger partial charge in [0.15, 0.2) is 17.5 Å². The molecule has 0 spiro atoms. The van der Waals surface area contributed by atoms with Crippen molar-refractivity contribution in [1.82, 2.24) is 5.32 Å². The first kappa shape index (κ1) is 13.7. The van der Waals surface area contributed by atoms with Gasteiger partial charge in [-0.25, -0.2) is 13.2 Å². The molecular formula is C13H16F3NS. The first-order valence-electron chi connectivity index (χ1n) is 6.08. The third-order valence-corrected chi connectivity index (χ3v) is 4.20. The second kappa shape index (κ2) is 6.48. The summed E-state index contributed by atoms with van der Waals surface area (Å²) in [6, 6.07) is 2.09. The highest BCUT2D eigenvalue weighted by Crippen LogP contribution is 2.22. The van der Waals surface area contributed by atoms with E-state index in [0.717, 1.165) is 18.7 Å². The van der Waals surface area contributed by atoms with E-state index in [1.165, 1.54) is 24.3 Å². The second-order valence-corrected chi connectivity index (χ2v) is 5.78. The summed E-state index contributed by atoms with van der Waals surface area (Å²) in [4.78, 5) is 0. The molecule has 1 N–H and O–H groups in total. The Bertz CT molecular complexity index is 382. The minimum atomic E-state index is -1.40. The predicted octanol–water partition coefficient (Wildman–Crippen LogP) is 3.34. The molecule has 1 nitrogen and oxygen atoms in total. The van der Waals surface area contributed by atoms with Gasteiger partial charge in [-0.15, -0.1) is 0 Å². The summed E-state index contributed by atoms with van der Waals surface area (Å²) in [5.74, 6) is -0.635. The molecule has 1 aliphatic rings. The van der Waals surface area contributed by atoms with Crippen molar-refractivity contribution in [2.24, 2.45) is 5.92 Å². The molecule has 0 aromatic heterocycles. The van der Waals surface area contributed by atoms with Crippen molar-refractivity contribution in [3.05, 3.63) is 35.1 Å². The van der Waals surface area contributed by atoms with Gasteiger partial charge in [0.1, 0.15) is 0 Å². The SMILES string of the molecule is Fc1cc(CNCC2CCSCC2)cc(F)c1F. The van der Waals surface area contributed by atoms with E-state index < -0.39 is 17.5 Å². The van der Waals surface area contributed by atoms with Crippen molar-refractivity contribution in [1.29, 1.82) is 0 Å². The quantitative estimate of drug-likeness (QED) is 0.846. The van der Waals surface area contributed by atoms with Gasteiger partial charge >= 0.3 is 0 Å². The molecule has 1 heterocycles. The van der Waals surface area contributed by atoms with Crippen LogP contribution in [0.4, 0.5) is 13.2 Å². The molecule has 5 heteroatoms. The smallest absolute Gasteiger partial charge is 0.194 e. The molecule has 0 atom stereocenters. The third-order valence-electron chi connectivity index (χ3n) is 3.15. The maximum atomic E-state index is 13.0. The van der Waals surface area contributed by atoms with Crippen LogP contribution in [0.5, 0.6) is 0 Å². The van der Waals surface area contributed by atoms with Crippen LogP contribution in [-0.4, -0.2) is 18.1 Å². The summed E-state index contributed by atoms with van der Waals surface area (Å²) in [7, 11) is 0. The molecule has 1 aromatic carbocycles. The van der Waals surface area contributed by atoms with Crippen LogP contribution in [0.1, 0.15) is 18.4 Å². The fraction of sp³-hybridized carbons (Fsp3) is 0.538. The van der Waals surface area contributed by atoms with Crippen LogP contribution in [0.15, 0.2) is 12.1 Å². The van der Waals surface area contributed by atoms with Crippen LogP contribution in [0.2, 0.25) is 0 Å². The highest BCUT2D eigenvalue weighted by atomic mass is 32.2. The molecule has 0 amide bonds. The van der Waals surface area contributed by atoms with Crippen LogP contribution in [0, 0.1) is 23.4 Å². The second-order valence-electron chi connectivity index (χ2n) is 4.56. The molecule has 1 aliphatic heterocycles. The van der Waals surface area contributed by atoms with E-state index in [0.29, 0.717) is 18.0 Å². The lowest BCUT2D eigenvalue weighted by atomic mass is 10.0. The Morgan fingerprint density at radius 1 is 1.11 bits per heavy atom. The minimum absolute atomic E-state index is 0.373. The van der Waals surface area contributed by atoms with Crippen LogP contribution in [0.3, 0.4) is 0 Å². The summed E-state index contributed by atoms with van der Waals surface area (Å²) >= 11 is 1.97. The number of rotatable bonds is 4. The summed E-state index contributed by atoms with van der Waals surface area (Å²) < 4.78 is 38.7. The van der Waals surface area contributed by atoms with Gasteiger partial charge in [-0.05, 0) is 54.5 Å². The monoisotopic (exact) mass is 275 g/mol. The van der Waals surface area contributed by atoms with Crippen molar-refractivity contribution in [3.8, 4) is 0 Å². The van der Waals surface area contributed by atoms with Crippen molar-refractivity contribution in [3.63, 3.8) is 0 Å². The maximum Gasteiger partial charge on any atom is 0.194 e. The number of hydrogen-bond acceptors (Lipinski definition) is 2. The summed E-state index contributed by atoms with van der Waals surface area (Å²) in [6.45, 7) is 1.22. The number of thioether (sulfide) groups is 1. The van der Waals surface area contributed by atoms with Crippen molar-refractivity contribution in [2.45, 2.75) is 19.4 Å². The summed E-state index contributed by atoms with van der Waals surface area (Å²) in [5.41, 5.74) is 0.441. The zero-order valence-electron chi connectivity index (χ0n) is 10.0. The van der Waals surface area contributed by atoms with Crippen molar-refractivity contribution < 1.29 is 13.2 Å². The van der Waals surface area contributed by atoms with E-state index in [1.54, 1.807) is 0 Å². The van der Waals surface area contributed by atoms with E-state index in [-0.39, 0.29) is 0 Å². The molecule has 1 fully saturated rings. The number of benzene rings is 1. The lowest BCUT2D eigenvalue weighted by Crippen LogP contribution is -2.25. The number of halogens is 3. The van der Waals surface area contributed by atoms with E-state index >= 15 is 0 Å². The first-order valence-corrected chi connectivity index (χ1v) is 7.24. The Morgan fingerprint density at radius 2 is 1.72 bits per heavy atom. The van der Waals surface area contributed by atoms with Crippen LogP contribution in [-0.2, 0) is 6.54 Å².